The van der Waals surface area contributed by atoms with Crippen LogP contribution in [-0.4, -0.2) is 19.5 Å². The molecule has 4 aromatic heterocycles. The highest BCUT2D eigenvalue weighted by molar-refractivity contribution is 7.25. The van der Waals surface area contributed by atoms with Gasteiger partial charge in [0.15, 0.2) is 17.5 Å². The van der Waals surface area contributed by atoms with Crippen molar-refractivity contribution in [2.75, 3.05) is 0 Å². The molecule has 0 N–H and O–H groups in total. The number of para-hydroxylation sites is 1. The van der Waals surface area contributed by atoms with Gasteiger partial charge in [-0.15, -0.1) is 11.3 Å². The van der Waals surface area contributed by atoms with Gasteiger partial charge in [-0.2, -0.15) is 0 Å². The minimum absolute atomic E-state index is 0.601. The fourth-order valence-corrected chi connectivity index (χ4v) is 9.60. The molecular formula is C51H30N4OS. The summed E-state index contributed by atoms with van der Waals surface area (Å²) in [4.78, 5) is 15.1. The summed E-state index contributed by atoms with van der Waals surface area (Å²) in [7, 11) is 0. The summed E-state index contributed by atoms with van der Waals surface area (Å²) in [6.07, 6.45) is 0. The molecule has 0 unspecified atom stereocenters. The maximum absolute atomic E-state index is 6.50. The first kappa shape index (κ1) is 31.9. The van der Waals surface area contributed by atoms with E-state index >= 15 is 0 Å². The molecule has 12 rings (SSSR count). The van der Waals surface area contributed by atoms with Gasteiger partial charge in [-0.3, -0.25) is 0 Å². The third-order valence-corrected chi connectivity index (χ3v) is 12.2. The highest BCUT2D eigenvalue weighted by Gasteiger charge is 2.20. The average Bonchev–Trinajstić information content (AvgIpc) is 3.96. The molecule has 0 aliphatic rings. The summed E-state index contributed by atoms with van der Waals surface area (Å²) < 4.78 is 11.5. The molecule has 5 nitrogen and oxygen atoms in total. The fourth-order valence-electron chi connectivity index (χ4n) is 8.48. The Kier molecular flexibility index (Phi) is 7.03. The zero-order valence-electron chi connectivity index (χ0n) is 30.4. The largest absolute Gasteiger partial charge is 0.456 e. The smallest absolute Gasteiger partial charge is 0.164 e. The SMILES string of the molecule is c1ccc(-c2nc(-c3ccccc3)nc(-c3cccc4oc5ccc(-c6ccc7c(c6)c6ccccc6n7-c6cccc7sc8ccccc8c67)cc5c34)n2)cc1. The summed E-state index contributed by atoms with van der Waals surface area (Å²) in [6.45, 7) is 0. The lowest BCUT2D eigenvalue weighted by Crippen LogP contribution is -2.00. The molecule has 266 valence electrons. The third kappa shape index (κ3) is 5.04. The molecule has 0 bridgehead atoms. The van der Waals surface area contributed by atoms with Crippen LogP contribution in [0.1, 0.15) is 0 Å². The third-order valence-electron chi connectivity index (χ3n) is 11.1. The Hall–Kier alpha value is -7.41. The lowest BCUT2D eigenvalue weighted by atomic mass is 9.99. The lowest BCUT2D eigenvalue weighted by molar-refractivity contribution is 0.669. The van der Waals surface area contributed by atoms with E-state index in [1.165, 1.54) is 47.7 Å². The monoisotopic (exact) mass is 746 g/mol. The van der Waals surface area contributed by atoms with E-state index in [1.54, 1.807) is 0 Å². The number of furan rings is 1. The van der Waals surface area contributed by atoms with Gasteiger partial charge < -0.3 is 8.98 Å². The molecule has 0 amide bonds. The first-order chi connectivity index (χ1) is 28.2. The normalized spacial score (nSPS) is 11.9. The molecule has 0 spiro atoms. The van der Waals surface area contributed by atoms with Crippen molar-refractivity contribution in [3.8, 4) is 51.0 Å². The van der Waals surface area contributed by atoms with Gasteiger partial charge in [0, 0.05) is 58.4 Å². The van der Waals surface area contributed by atoms with E-state index in [-0.39, 0.29) is 0 Å². The van der Waals surface area contributed by atoms with Crippen LogP contribution < -0.4 is 0 Å². The second-order valence-electron chi connectivity index (χ2n) is 14.4. The van der Waals surface area contributed by atoms with Gasteiger partial charge in [0.05, 0.1) is 16.7 Å². The van der Waals surface area contributed by atoms with Crippen LogP contribution in [0, 0.1) is 0 Å². The first-order valence-electron chi connectivity index (χ1n) is 19.0. The maximum atomic E-state index is 6.50. The second kappa shape index (κ2) is 12.6. The van der Waals surface area contributed by atoms with Crippen molar-refractivity contribution in [1.29, 1.82) is 0 Å². The Morgan fingerprint density at radius 2 is 1.00 bits per heavy atom. The van der Waals surface area contributed by atoms with Crippen LogP contribution in [0.2, 0.25) is 0 Å². The summed E-state index contributed by atoms with van der Waals surface area (Å²) in [5.41, 5.74) is 10.2. The van der Waals surface area contributed by atoms with E-state index in [1.807, 2.05) is 84.1 Å². The molecule has 12 aromatic rings. The number of aromatic nitrogens is 4. The van der Waals surface area contributed by atoms with Crippen molar-refractivity contribution in [2.24, 2.45) is 0 Å². The molecule has 0 atom stereocenters. The molecule has 4 heterocycles. The molecule has 0 radical (unpaired) electrons. The van der Waals surface area contributed by atoms with Crippen LogP contribution in [0.15, 0.2) is 186 Å². The van der Waals surface area contributed by atoms with Gasteiger partial charge in [-0.25, -0.2) is 15.0 Å². The molecule has 8 aromatic carbocycles. The van der Waals surface area contributed by atoms with Crippen molar-refractivity contribution in [1.82, 2.24) is 19.5 Å². The second-order valence-corrected chi connectivity index (χ2v) is 15.4. The molecule has 0 aliphatic heterocycles. The van der Waals surface area contributed by atoms with Gasteiger partial charge in [-0.1, -0.05) is 127 Å². The number of hydrogen-bond donors (Lipinski definition) is 0. The van der Waals surface area contributed by atoms with E-state index in [2.05, 4.69) is 114 Å². The predicted molar refractivity (Wildman–Crippen MR) is 236 cm³/mol. The van der Waals surface area contributed by atoms with E-state index in [0.29, 0.717) is 17.5 Å². The van der Waals surface area contributed by atoms with Gasteiger partial charge in [0.2, 0.25) is 0 Å². The van der Waals surface area contributed by atoms with E-state index in [9.17, 15) is 0 Å². The summed E-state index contributed by atoms with van der Waals surface area (Å²) in [5.74, 6) is 1.85. The van der Waals surface area contributed by atoms with Crippen LogP contribution in [-0.2, 0) is 0 Å². The number of thiophene rings is 1. The molecule has 0 saturated heterocycles. The molecule has 0 aliphatic carbocycles. The summed E-state index contributed by atoms with van der Waals surface area (Å²) in [5, 5.41) is 7.01. The van der Waals surface area contributed by atoms with Crippen molar-refractivity contribution >= 4 is 75.3 Å². The molecule has 6 heteroatoms. The van der Waals surface area contributed by atoms with Gasteiger partial charge in [0.25, 0.3) is 0 Å². The molecule has 57 heavy (non-hydrogen) atoms. The Morgan fingerprint density at radius 3 is 1.79 bits per heavy atom. The van der Waals surface area contributed by atoms with Gasteiger partial charge >= 0.3 is 0 Å². The van der Waals surface area contributed by atoms with Crippen LogP contribution in [0.4, 0.5) is 0 Å². The number of hydrogen-bond acceptors (Lipinski definition) is 5. The Bertz CT molecular complexity index is 3470. The highest BCUT2D eigenvalue weighted by atomic mass is 32.1. The van der Waals surface area contributed by atoms with Crippen LogP contribution in [0.3, 0.4) is 0 Å². The zero-order chi connectivity index (χ0) is 37.5. The van der Waals surface area contributed by atoms with E-state index in [0.717, 1.165) is 49.8 Å². The van der Waals surface area contributed by atoms with Crippen molar-refractivity contribution in [3.63, 3.8) is 0 Å². The number of fused-ring (bicyclic) bond motifs is 9. The van der Waals surface area contributed by atoms with Gasteiger partial charge in [0.1, 0.15) is 11.2 Å². The predicted octanol–water partition coefficient (Wildman–Crippen LogP) is 13.9. The Labute approximate surface area is 330 Å². The molecule has 0 fully saturated rings. The van der Waals surface area contributed by atoms with Gasteiger partial charge in [-0.05, 0) is 65.7 Å². The summed E-state index contributed by atoms with van der Waals surface area (Å²) in [6, 6.07) is 63.8. The zero-order valence-corrected chi connectivity index (χ0v) is 31.2. The topological polar surface area (TPSA) is 56.7 Å². The quantitative estimate of drug-likeness (QED) is 0.176. The Balaban J connectivity index is 1.04. The lowest BCUT2D eigenvalue weighted by Gasteiger charge is -2.11. The minimum atomic E-state index is 0.601. The van der Waals surface area contributed by atoms with Crippen LogP contribution in [0.5, 0.6) is 0 Å². The summed E-state index contributed by atoms with van der Waals surface area (Å²) >= 11 is 1.85. The van der Waals surface area contributed by atoms with E-state index in [4.69, 9.17) is 19.4 Å². The maximum Gasteiger partial charge on any atom is 0.164 e. The number of rotatable bonds is 5. The van der Waals surface area contributed by atoms with Crippen molar-refractivity contribution < 1.29 is 4.42 Å². The number of nitrogens with zero attached hydrogens (tertiary/aromatic N) is 4. The van der Waals surface area contributed by atoms with Crippen molar-refractivity contribution in [3.05, 3.63) is 182 Å². The van der Waals surface area contributed by atoms with Crippen LogP contribution >= 0.6 is 11.3 Å². The molecular weight excluding hydrogens is 717 g/mol. The van der Waals surface area contributed by atoms with Crippen LogP contribution in [0.25, 0.3) is 115 Å². The first-order valence-corrected chi connectivity index (χ1v) is 19.8. The number of benzene rings is 8. The Morgan fingerprint density at radius 1 is 0.386 bits per heavy atom. The van der Waals surface area contributed by atoms with E-state index < -0.39 is 0 Å². The fraction of sp³-hybridized carbons (Fsp3) is 0. The minimum Gasteiger partial charge on any atom is -0.456 e. The molecule has 0 saturated carbocycles. The highest BCUT2D eigenvalue weighted by Crippen LogP contribution is 2.43. The standard InChI is InChI=1S/C51H30N4OS/c1-3-13-31(14-4-1)49-52-50(32-15-5-2-6-16-32)54-51(53-49)37-19-11-22-44-47(37)39-30-34(26-28-43(39)56-44)33-25-27-41-38(29-33)35-17-7-9-20-40(35)55(41)42-21-12-24-46-48(42)36-18-8-10-23-45(36)57-46/h1-30H. The van der Waals surface area contributed by atoms with Crippen molar-refractivity contribution in [2.45, 2.75) is 0 Å². The average molecular weight is 747 g/mol.